The van der Waals surface area contributed by atoms with Gasteiger partial charge in [-0.3, -0.25) is 4.79 Å². The van der Waals surface area contributed by atoms with E-state index in [1.807, 2.05) is 54.6 Å². The zero-order valence-electron chi connectivity index (χ0n) is 29.4. The average molecular weight is 730 g/mol. The number of nitrogens with one attached hydrogen (secondary N) is 1. The van der Waals surface area contributed by atoms with Crippen LogP contribution < -0.4 is 39.8 Å². The fraction of sp³-hybridized carbons (Fsp3) is 0.405. The van der Waals surface area contributed by atoms with Gasteiger partial charge in [0.2, 0.25) is 5.69 Å². The van der Waals surface area contributed by atoms with Gasteiger partial charge in [0.1, 0.15) is 6.54 Å². The van der Waals surface area contributed by atoms with Crippen molar-refractivity contribution in [3.8, 4) is 12.3 Å². The number of amides is 1. The monoisotopic (exact) mass is 729 g/mol. The molecule has 0 saturated carbocycles. The third kappa shape index (κ3) is 10.1. The first-order valence-corrected chi connectivity index (χ1v) is 19.4. The Morgan fingerprint density at radius 3 is 2.22 bits per heavy atom. The number of allylic oxidation sites excluding steroid dienone is 6. The van der Waals surface area contributed by atoms with E-state index in [0.717, 1.165) is 33.9 Å². The summed E-state index contributed by atoms with van der Waals surface area (Å²) >= 11 is 0. The topological polar surface area (TPSA) is 150 Å². The average Bonchev–Trinajstić information content (AvgIpc) is 3.37. The Balaban J connectivity index is 0.00000676. The molecule has 2 heterocycles. The van der Waals surface area contributed by atoms with Gasteiger partial charge in [-0.05, 0) is 62.9 Å². The van der Waals surface area contributed by atoms with Crippen molar-refractivity contribution < 1.29 is 64.9 Å². The number of hydrogen-bond acceptors (Lipinski definition) is 8. The molecule has 0 aliphatic carbocycles. The molecule has 0 unspecified atom stereocenters. The SMILES string of the molecule is C#CCNC(=O)c1ccc2c(c1)C(C)(C)\C(=C/C=C/C=C/C1=[N+](CCCCS(=O)(=O)[O-])c3ccccc3C1(C)C)N2CCCCS(=O)(=O)[O-].[Na+]. The van der Waals surface area contributed by atoms with Crippen LogP contribution in [-0.2, 0) is 31.1 Å². The van der Waals surface area contributed by atoms with Crippen molar-refractivity contribution in [3.63, 3.8) is 0 Å². The molecule has 0 radical (unpaired) electrons. The summed E-state index contributed by atoms with van der Waals surface area (Å²) in [6, 6.07) is 13.6. The molecular formula is C37H44N3NaO7S2. The van der Waals surface area contributed by atoms with Crippen LogP contribution in [0, 0.1) is 12.3 Å². The minimum absolute atomic E-state index is 0. The van der Waals surface area contributed by atoms with Gasteiger partial charge in [0.15, 0.2) is 5.71 Å². The Morgan fingerprint density at radius 2 is 1.56 bits per heavy atom. The Morgan fingerprint density at radius 1 is 0.900 bits per heavy atom. The van der Waals surface area contributed by atoms with E-state index in [1.165, 1.54) is 0 Å². The van der Waals surface area contributed by atoms with Crippen molar-refractivity contribution in [2.75, 3.05) is 36.0 Å². The number of unbranched alkanes of at least 4 members (excludes halogenated alkanes) is 2. The van der Waals surface area contributed by atoms with Crippen molar-refractivity contribution in [1.29, 1.82) is 0 Å². The van der Waals surface area contributed by atoms with Crippen molar-refractivity contribution >= 4 is 43.2 Å². The number of para-hydroxylation sites is 1. The van der Waals surface area contributed by atoms with E-state index in [9.17, 15) is 30.7 Å². The van der Waals surface area contributed by atoms with Crippen molar-refractivity contribution in [2.45, 2.75) is 64.2 Å². The summed E-state index contributed by atoms with van der Waals surface area (Å²) in [5, 5.41) is 2.70. The molecule has 0 bridgehead atoms. The van der Waals surface area contributed by atoms with E-state index in [1.54, 1.807) is 6.07 Å². The first kappa shape index (κ1) is 41.4. The van der Waals surface area contributed by atoms with Crippen LogP contribution in [0.4, 0.5) is 11.4 Å². The maximum absolute atomic E-state index is 12.7. The summed E-state index contributed by atoms with van der Waals surface area (Å²) in [6.45, 7) is 9.60. The Labute approximate surface area is 319 Å². The molecular weight excluding hydrogens is 686 g/mol. The van der Waals surface area contributed by atoms with E-state index in [0.29, 0.717) is 31.5 Å². The minimum atomic E-state index is -4.31. The molecule has 0 saturated heterocycles. The number of carbonyl (C=O) groups excluding carboxylic acids is 1. The summed E-state index contributed by atoms with van der Waals surface area (Å²) < 4.78 is 69.2. The van der Waals surface area contributed by atoms with Gasteiger partial charge in [0, 0.05) is 64.5 Å². The van der Waals surface area contributed by atoms with Crippen LogP contribution in [0.3, 0.4) is 0 Å². The third-order valence-electron chi connectivity index (χ3n) is 9.09. The van der Waals surface area contributed by atoms with Crippen molar-refractivity contribution in [1.82, 2.24) is 5.32 Å². The van der Waals surface area contributed by atoms with E-state index >= 15 is 0 Å². The zero-order valence-corrected chi connectivity index (χ0v) is 33.1. The molecule has 262 valence electrons. The van der Waals surface area contributed by atoms with Gasteiger partial charge in [-0.25, -0.2) is 16.8 Å². The van der Waals surface area contributed by atoms with Gasteiger partial charge in [-0.1, -0.05) is 56.2 Å². The number of nitrogens with zero attached hydrogens (tertiary/aromatic N) is 2. The third-order valence-corrected chi connectivity index (χ3v) is 10.7. The van der Waals surface area contributed by atoms with E-state index in [2.05, 4.69) is 60.5 Å². The van der Waals surface area contributed by atoms with Crippen LogP contribution in [0.2, 0.25) is 0 Å². The predicted molar refractivity (Wildman–Crippen MR) is 191 cm³/mol. The largest absolute Gasteiger partial charge is 1.00 e. The first-order valence-electron chi connectivity index (χ1n) is 16.3. The normalized spacial score (nSPS) is 17.2. The molecule has 0 spiro atoms. The molecule has 2 aliphatic rings. The molecule has 2 aromatic carbocycles. The van der Waals surface area contributed by atoms with E-state index in [-0.39, 0.29) is 66.0 Å². The van der Waals surface area contributed by atoms with Gasteiger partial charge in [0.25, 0.3) is 5.91 Å². The molecule has 50 heavy (non-hydrogen) atoms. The van der Waals surface area contributed by atoms with Gasteiger partial charge >= 0.3 is 29.6 Å². The summed E-state index contributed by atoms with van der Waals surface area (Å²) in [5.41, 5.74) is 5.73. The van der Waals surface area contributed by atoms with Gasteiger partial charge in [-0.2, -0.15) is 4.58 Å². The summed E-state index contributed by atoms with van der Waals surface area (Å²) in [4.78, 5) is 14.8. The summed E-state index contributed by atoms with van der Waals surface area (Å²) in [5.74, 6) is 1.32. The molecule has 0 aromatic heterocycles. The maximum atomic E-state index is 12.7. The van der Waals surface area contributed by atoms with Crippen molar-refractivity contribution in [3.05, 3.63) is 95.2 Å². The molecule has 2 aliphatic heterocycles. The van der Waals surface area contributed by atoms with E-state index in [4.69, 9.17) is 6.42 Å². The number of anilines is 1. The number of hydrogen-bond donors (Lipinski definition) is 1. The second-order valence-corrected chi connectivity index (χ2v) is 16.4. The Bertz CT molecular complexity index is 1970. The second-order valence-electron chi connectivity index (χ2n) is 13.3. The van der Waals surface area contributed by atoms with Gasteiger partial charge in [0.05, 0.1) is 32.2 Å². The maximum Gasteiger partial charge on any atom is 1.00 e. The quantitative estimate of drug-likeness (QED) is 0.0730. The first-order chi connectivity index (χ1) is 23.0. The standard InChI is InChI=1S/C37H45N3O7S2.Na/c1-6-22-38-35(41)28-20-21-32-30(27-28)37(4,5)34(40(32)24-13-15-26-49(45,46)47)19-9-7-8-18-33-36(2,3)29-16-10-11-17-31(29)39(33)23-12-14-25-48(42,43)44;/h1,7-11,16-21,27H,12-15,22-26H2,2-5H3,(H2-,38,41,42,43,44,45,46,47);/q;+1/p-1. The predicted octanol–water partition coefficient (Wildman–Crippen LogP) is 1.87. The van der Waals surface area contributed by atoms with Crippen LogP contribution in [0.5, 0.6) is 0 Å². The number of rotatable bonds is 15. The fourth-order valence-corrected chi connectivity index (χ4v) is 7.74. The minimum Gasteiger partial charge on any atom is -0.748 e. The van der Waals surface area contributed by atoms with Crippen LogP contribution in [0.1, 0.15) is 74.9 Å². The summed E-state index contributed by atoms with van der Waals surface area (Å²) in [7, 11) is -8.58. The number of carbonyl (C=O) groups is 1. The molecule has 2 aromatic rings. The number of terminal acetylenes is 1. The van der Waals surface area contributed by atoms with Crippen LogP contribution in [-0.4, -0.2) is 73.3 Å². The Kier molecular flexibility index (Phi) is 14.1. The Hall–Kier alpha value is -3.02. The van der Waals surface area contributed by atoms with Gasteiger partial charge in [-0.15, -0.1) is 6.42 Å². The number of fused-ring (bicyclic) bond motifs is 2. The molecule has 1 amide bonds. The van der Waals surface area contributed by atoms with Crippen LogP contribution in [0.25, 0.3) is 0 Å². The number of benzene rings is 2. The zero-order chi connectivity index (χ0) is 36.0. The molecule has 0 fully saturated rings. The second kappa shape index (κ2) is 17.0. The van der Waals surface area contributed by atoms with Gasteiger partial charge < -0.3 is 19.3 Å². The fourth-order valence-electron chi connectivity index (χ4n) is 6.63. The molecule has 10 nitrogen and oxygen atoms in total. The van der Waals surface area contributed by atoms with Crippen LogP contribution in [0.15, 0.2) is 78.5 Å². The van der Waals surface area contributed by atoms with Crippen molar-refractivity contribution in [2.24, 2.45) is 0 Å². The molecule has 1 N–H and O–H groups in total. The smallest absolute Gasteiger partial charge is 0.748 e. The van der Waals surface area contributed by atoms with E-state index < -0.39 is 31.4 Å². The van der Waals surface area contributed by atoms with Crippen LogP contribution >= 0.6 is 0 Å². The summed E-state index contributed by atoms with van der Waals surface area (Å²) in [6.07, 6.45) is 16.7. The molecule has 13 heteroatoms. The molecule has 0 atom stereocenters. The molecule has 4 rings (SSSR count).